The molecule has 0 spiro atoms. The van der Waals surface area contributed by atoms with E-state index in [-0.39, 0.29) is 0 Å². The molecule has 0 fully saturated rings. The lowest BCUT2D eigenvalue weighted by molar-refractivity contribution is 0.987. The maximum Gasteiger partial charge on any atom is 0.137 e. The number of nitriles is 1. The fourth-order valence-corrected chi connectivity index (χ4v) is 2.23. The third-order valence-electron chi connectivity index (χ3n) is 3.30. The summed E-state index contributed by atoms with van der Waals surface area (Å²) in [5, 5.41) is 12.1. The van der Waals surface area contributed by atoms with Crippen LogP contribution in [0, 0.1) is 18.3 Å². The Morgan fingerprint density at radius 3 is 2.75 bits per heavy atom. The molecule has 2 aromatic heterocycles. The summed E-state index contributed by atoms with van der Waals surface area (Å²) in [6, 6.07) is 15.5. The first kappa shape index (κ1) is 12.2. The number of benzene rings is 1. The highest BCUT2D eigenvalue weighted by Gasteiger charge is 2.07. The van der Waals surface area contributed by atoms with Crippen molar-refractivity contribution in [3.8, 4) is 6.07 Å². The topological polar surface area (TPSA) is 53.1 Å². The number of hydrogen-bond acceptors (Lipinski definition) is 3. The van der Waals surface area contributed by atoms with Crippen LogP contribution in [0.1, 0.15) is 17.0 Å². The zero-order chi connectivity index (χ0) is 13.9. The van der Waals surface area contributed by atoms with E-state index < -0.39 is 0 Å². The van der Waals surface area contributed by atoms with Crippen LogP contribution >= 0.6 is 0 Å². The molecule has 4 nitrogen and oxygen atoms in total. The molecule has 1 N–H and O–H groups in total. The fraction of sp³-hybridized carbons (Fsp3) is 0.125. The smallest absolute Gasteiger partial charge is 0.137 e. The Morgan fingerprint density at radius 2 is 2.00 bits per heavy atom. The number of hydrogen-bond donors (Lipinski definition) is 1. The molecule has 1 aromatic carbocycles. The molecule has 0 unspecified atom stereocenters. The van der Waals surface area contributed by atoms with Crippen LogP contribution in [0.2, 0.25) is 0 Å². The molecule has 0 saturated heterocycles. The molecular formula is C16H14N4. The lowest BCUT2D eigenvalue weighted by Gasteiger charge is -2.07. The summed E-state index contributed by atoms with van der Waals surface area (Å²) in [5.74, 6) is 0. The van der Waals surface area contributed by atoms with Gasteiger partial charge < -0.3 is 9.72 Å². The number of nitrogens with one attached hydrogen (secondary N) is 1. The average Bonchev–Trinajstić information content (AvgIpc) is 2.81. The van der Waals surface area contributed by atoms with Crippen molar-refractivity contribution in [1.82, 2.24) is 9.38 Å². The van der Waals surface area contributed by atoms with Gasteiger partial charge >= 0.3 is 0 Å². The standard InChI is InChI=1S/C16H14N4/c1-12-15(20-9-3-2-4-16(20)19-12)11-18-14-7-5-13(10-17)6-8-14/h2-9,18H,11H2,1H3. The lowest BCUT2D eigenvalue weighted by atomic mass is 10.2. The second-order valence-electron chi connectivity index (χ2n) is 4.62. The quantitative estimate of drug-likeness (QED) is 0.789. The van der Waals surface area contributed by atoms with Gasteiger partial charge in [-0.05, 0) is 43.3 Å². The van der Waals surface area contributed by atoms with Crippen molar-refractivity contribution < 1.29 is 0 Å². The van der Waals surface area contributed by atoms with Crippen LogP contribution in [0.5, 0.6) is 0 Å². The minimum atomic E-state index is 0.668. The molecule has 0 bridgehead atoms. The number of rotatable bonds is 3. The number of fused-ring (bicyclic) bond motifs is 1. The highest BCUT2D eigenvalue weighted by Crippen LogP contribution is 2.15. The van der Waals surface area contributed by atoms with Crippen LogP contribution in [0.4, 0.5) is 5.69 Å². The number of nitrogens with zero attached hydrogens (tertiary/aromatic N) is 3. The Balaban J connectivity index is 1.83. The summed E-state index contributed by atoms with van der Waals surface area (Å²) in [7, 11) is 0. The average molecular weight is 262 g/mol. The van der Waals surface area contributed by atoms with E-state index in [2.05, 4.69) is 20.8 Å². The SMILES string of the molecule is Cc1nc2ccccn2c1CNc1ccc(C#N)cc1. The van der Waals surface area contributed by atoms with Crippen LogP contribution < -0.4 is 5.32 Å². The number of imidazole rings is 1. The highest BCUT2D eigenvalue weighted by atomic mass is 15.0. The fourth-order valence-electron chi connectivity index (χ4n) is 2.23. The number of aromatic nitrogens is 2. The second-order valence-corrected chi connectivity index (χ2v) is 4.62. The maximum atomic E-state index is 8.78. The summed E-state index contributed by atoms with van der Waals surface area (Å²) in [4.78, 5) is 4.53. The summed E-state index contributed by atoms with van der Waals surface area (Å²) in [6.07, 6.45) is 2.02. The molecule has 0 aliphatic heterocycles. The number of anilines is 1. The van der Waals surface area contributed by atoms with Crippen molar-refractivity contribution in [2.45, 2.75) is 13.5 Å². The van der Waals surface area contributed by atoms with Gasteiger partial charge in [0.15, 0.2) is 0 Å². The van der Waals surface area contributed by atoms with E-state index in [9.17, 15) is 0 Å². The third-order valence-corrected chi connectivity index (χ3v) is 3.30. The molecule has 0 atom stereocenters. The zero-order valence-corrected chi connectivity index (χ0v) is 11.2. The molecule has 0 amide bonds. The van der Waals surface area contributed by atoms with Gasteiger partial charge in [-0.15, -0.1) is 0 Å². The Labute approximate surface area is 117 Å². The van der Waals surface area contributed by atoms with Crippen LogP contribution in [-0.4, -0.2) is 9.38 Å². The minimum Gasteiger partial charge on any atom is -0.379 e. The van der Waals surface area contributed by atoms with Gasteiger partial charge in [-0.2, -0.15) is 5.26 Å². The van der Waals surface area contributed by atoms with Gasteiger partial charge in [0.25, 0.3) is 0 Å². The molecule has 0 aliphatic rings. The third kappa shape index (κ3) is 2.21. The largest absolute Gasteiger partial charge is 0.379 e. The molecule has 3 aromatic rings. The first-order chi connectivity index (χ1) is 9.78. The molecule has 2 heterocycles. The van der Waals surface area contributed by atoms with Crippen molar-refractivity contribution in [2.75, 3.05) is 5.32 Å². The molecule has 0 saturated carbocycles. The van der Waals surface area contributed by atoms with Gasteiger partial charge in [0.05, 0.1) is 29.6 Å². The first-order valence-corrected chi connectivity index (χ1v) is 6.44. The number of pyridine rings is 1. The van der Waals surface area contributed by atoms with Crippen molar-refractivity contribution in [1.29, 1.82) is 5.26 Å². The van der Waals surface area contributed by atoms with Gasteiger partial charge in [0.1, 0.15) is 5.65 Å². The predicted octanol–water partition coefficient (Wildman–Crippen LogP) is 3.13. The maximum absolute atomic E-state index is 8.78. The first-order valence-electron chi connectivity index (χ1n) is 6.44. The van der Waals surface area contributed by atoms with E-state index in [1.54, 1.807) is 0 Å². The van der Waals surface area contributed by atoms with E-state index >= 15 is 0 Å². The molecule has 4 heteroatoms. The predicted molar refractivity (Wildman–Crippen MR) is 78.4 cm³/mol. The van der Waals surface area contributed by atoms with Crippen LogP contribution in [0.3, 0.4) is 0 Å². The van der Waals surface area contributed by atoms with Gasteiger partial charge in [-0.1, -0.05) is 6.07 Å². The molecule has 3 rings (SSSR count). The second kappa shape index (κ2) is 5.06. The molecule has 0 radical (unpaired) electrons. The van der Waals surface area contributed by atoms with Gasteiger partial charge in [0.2, 0.25) is 0 Å². The van der Waals surface area contributed by atoms with Gasteiger partial charge in [0, 0.05) is 11.9 Å². The van der Waals surface area contributed by atoms with E-state index in [4.69, 9.17) is 5.26 Å². The molecule has 0 aliphatic carbocycles. The summed E-state index contributed by atoms with van der Waals surface area (Å²) in [6.45, 7) is 2.71. The van der Waals surface area contributed by atoms with Crippen LogP contribution in [-0.2, 0) is 6.54 Å². The van der Waals surface area contributed by atoms with Gasteiger partial charge in [-0.25, -0.2) is 4.98 Å². The zero-order valence-electron chi connectivity index (χ0n) is 11.2. The minimum absolute atomic E-state index is 0.668. The summed E-state index contributed by atoms with van der Waals surface area (Å²) in [5.41, 5.74) is 4.79. The summed E-state index contributed by atoms with van der Waals surface area (Å²) < 4.78 is 2.09. The van der Waals surface area contributed by atoms with Gasteiger partial charge in [-0.3, -0.25) is 0 Å². The Hall–Kier alpha value is -2.80. The van der Waals surface area contributed by atoms with Crippen molar-refractivity contribution >= 4 is 11.3 Å². The highest BCUT2D eigenvalue weighted by molar-refractivity contribution is 5.49. The van der Waals surface area contributed by atoms with Crippen LogP contribution in [0.15, 0.2) is 48.7 Å². The number of aryl methyl sites for hydroxylation is 1. The van der Waals surface area contributed by atoms with E-state index in [0.29, 0.717) is 12.1 Å². The van der Waals surface area contributed by atoms with E-state index in [1.165, 1.54) is 0 Å². The molecular weight excluding hydrogens is 248 g/mol. The summed E-state index contributed by atoms with van der Waals surface area (Å²) >= 11 is 0. The van der Waals surface area contributed by atoms with Crippen molar-refractivity contribution in [2.24, 2.45) is 0 Å². The van der Waals surface area contributed by atoms with E-state index in [0.717, 1.165) is 22.7 Å². The van der Waals surface area contributed by atoms with Crippen molar-refractivity contribution in [3.63, 3.8) is 0 Å². The Kier molecular flexibility index (Phi) is 3.10. The van der Waals surface area contributed by atoms with Crippen LogP contribution in [0.25, 0.3) is 5.65 Å². The Morgan fingerprint density at radius 1 is 1.20 bits per heavy atom. The normalized spacial score (nSPS) is 10.4. The monoisotopic (exact) mass is 262 g/mol. The molecule has 98 valence electrons. The Bertz CT molecular complexity index is 778. The van der Waals surface area contributed by atoms with E-state index in [1.807, 2.05) is 55.6 Å². The lowest BCUT2D eigenvalue weighted by Crippen LogP contribution is -2.03. The molecule has 20 heavy (non-hydrogen) atoms. The van der Waals surface area contributed by atoms with Crippen molar-refractivity contribution in [3.05, 3.63) is 65.6 Å².